The van der Waals surface area contributed by atoms with Crippen LogP contribution in [0.3, 0.4) is 0 Å². The van der Waals surface area contributed by atoms with E-state index in [2.05, 4.69) is 10.3 Å². The van der Waals surface area contributed by atoms with Crippen LogP contribution in [-0.4, -0.2) is 29.1 Å². The molecule has 2 aromatic carbocycles. The summed E-state index contributed by atoms with van der Waals surface area (Å²) in [6, 6.07) is 12.0. The number of sulfone groups is 1. The summed E-state index contributed by atoms with van der Waals surface area (Å²) in [6.07, 6.45) is 6.33. The van der Waals surface area contributed by atoms with Crippen LogP contribution in [0.25, 0.3) is 0 Å². The van der Waals surface area contributed by atoms with Gasteiger partial charge in [-0.15, -0.1) is 0 Å². The largest absolute Gasteiger partial charge is 0.381 e. The first-order chi connectivity index (χ1) is 12.8. The molecule has 0 spiro atoms. The van der Waals surface area contributed by atoms with Crippen molar-refractivity contribution >= 4 is 21.2 Å². The second-order valence-corrected chi connectivity index (χ2v) is 8.10. The minimum Gasteiger partial charge on any atom is -0.381 e. The van der Waals surface area contributed by atoms with Crippen LogP contribution in [-0.2, 0) is 22.9 Å². The molecule has 0 bridgehead atoms. The number of nitro benzene ring substituents is 1. The third kappa shape index (κ3) is 4.70. The number of aromatic nitrogens is 2. The molecule has 9 heteroatoms. The van der Waals surface area contributed by atoms with Crippen LogP contribution >= 0.6 is 0 Å². The second-order valence-electron chi connectivity index (χ2n) is 6.12. The number of nitro groups is 1. The first-order valence-corrected chi connectivity index (χ1v) is 9.98. The number of nitrogens with one attached hydrogen (secondary N) is 1. The highest BCUT2D eigenvalue weighted by molar-refractivity contribution is 7.90. The molecule has 0 aliphatic carbocycles. The molecular formula is C18H18N4O4S. The van der Waals surface area contributed by atoms with Crippen molar-refractivity contribution in [3.05, 3.63) is 82.4 Å². The van der Waals surface area contributed by atoms with Crippen LogP contribution in [0.5, 0.6) is 0 Å². The third-order valence-corrected chi connectivity index (χ3v) is 5.13. The summed E-state index contributed by atoms with van der Waals surface area (Å²) >= 11 is 0. The maximum Gasteiger partial charge on any atom is 0.288 e. The van der Waals surface area contributed by atoms with E-state index in [0.29, 0.717) is 12.2 Å². The normalized spacial score (nSPS) is 11.3. The van der Waals surface area contributed by atoms with Crippen molar-refractivity contribution in [3.8, 4) is 0 Å². The molecule has 0 saturated carbocycles. The Morgan fingerprint density at radius 3 is 2.44 bits per heavy atom. The minimum absolute atomic E-state index is 0.298. The fourth-order valence-electron chi connectivity index (χ4n) is 2.63. The minimum atomic E-state index is -3.70. The molecule has 0 radical (unpaired) electrons. The Morgan fingerprint density at radius 1 is 1.15 bits per heavy atom. The predicted octanol–water partition coefficient (Wildman–Crippen LogP) is 2.86. The van der Waals surface area contributed by atoms with E-state index < -0.39 is 20.4 Å². The highest BCUT2D eigenvalue weighted by Crippen LogP contribution is 2.27. The van der Waals surface area contributed by atoms with Gasteiger partial charge in [0.2, 0.25) is 0 Å². The number of anilines is 1. The van der Waals surface area contributed by atoms with Crippen molar-refractivity contribution in [2.24, 2.45) is 0 Å². The summed E-state index contributed by atoms with van der Waals surface area (Å²) < 4.78 is 25.6. The van der Waals surface area contributed by atoms with Gasteiger partial charge in [-0.1, -0.05) is 24.3 Å². The molecule has 3 aromatic rings. The Labute approximate surface area is 156 Å². The number of nitrogens with zero attached hydrogens (tertiary/aromatic N) is 3. The number of rotatable bonds is 7. The first-order valence-electron chi connectivity index (χ1n) is 8.09. The van der Waals surface area contributed by atoms with Gasteiger partial charge in [0.05, 0.1) is 11.3 Å². The Bertz CT molecular complexity index is 1050. The van der Waals surface area contributed by atoms with Gasteiger partial charge < -0.3 is 9.88 Å². The van der Waals surface area contributed by atoms with Gasteiger partial charge in [0.15, 0.2) is 9.84 Å². The fourth-order valence-corrected chi connectivity index (χ4v) is 3.49. The van der Waals surface area contributed by atoms with Crippen LogP contribution in [0.1, 0.15) is 11.1 Å². The Kier molecular flexibility index (Phi) is 5.22. The quantitative estimate of drug-likeness (QED) is 0.494. The van der Waals surface area contributed by atoms with E-state index in [1.54, 1.807) is 12.5 Å². The maximum atomic E-state index is 11.8. The highest BCUT2D eigenvalue weighted by atomic mass is 32.2. The third-order valence-electron chi connectivity index (χ3n) is 4.00. The van der Waals surface area contributed by atoms with E-state index in [1.165, 1.54) is 18.2 Å². The SMILES string of the molecule is CS(=O)(=O)c1cc(NCc2ccc(Cn3ccnc3)cc2)ccc1[N+](=O)[O-]. The van der Waals surface area contributed by atoms with Gasteiger partial charge in [-0.2, -0.15) is 0 Å². The van der Waals surface area contributed by atoms with Crippen LogP contribution in [0.2, 0.25) is 0 Å². The molecule has 0 aliphatic heterocycles. The van der Waals surface area contributed by atoms with Gasteiger partial charge in [-0.05, 0) is 23.3 Å². The number of hydrogen-bond donors (Lipinski definition) is 1. The van der Waals surface area contributed by atoms with E-state index in [9.17, 15) is 18.5 Å². The van der Waals surface area contributed by atoms with Crippen molar-refractivity contribution in [3.63, 3.8) is 0 Å². The van der Waals surface area contributed by atoms with Gasteiger partial charge in [-0.3, -0.25) is 10.1 Å². The summed E-state index contributed by atoms with van der Waals surface area (Å²) in [5, 5.41) is 14.1. The number of hydrogen-bond acceptors (Lipinski definition) is 6. The molecule has 1 aromatic heterocycles. The zero-order chi connectivity index (χ0) is 19.4. The van der Waals surface area contributed by atoms with Gasteiger partial charge in [0.25, 0.3) is 5.69 Å². The zero-order valence-electron chi connectivity index (χ0n) is 14.6. The lowest BCUT2D eigenvalue weighted by Crippen LogP contribution is -2.05. The van der Waals surface area contributed by atoms with Gasteiger partial charge in [0.1, 0.15) is 4.90 Å². The standard InChI is InChI=1S/C18H18N4O4S/c1-27(25,26)18-10-16(6-7-17(18)22(23)24)20-11-14-2-4-15(5-3-14)12-21-9-8-19-13-21/h2-10,13,20H,11-12H2,1H3. The molecule has 0 amide bonds. The summed E-state index contributed by atoms with van der Waals surface area (Å²) in [6.45, 7) is 1.19. The van der Waals surface area contributed by atoms with Crippen LogP contribution < -0.4 is 5.32 Å². The number of imidazole rings is 1. The monoisotopic (exact) mass is 386 g/mol. The Balaban J connectivity index is 1.70. The van der Waals surface area contributed by atoms with Gasteiger partial charge in [-0.25, -0.2) is 13.4 Å². The molecule has 8 nitrogen and oxygen atoms in total. The van der Waals surface area contributed by atoms with Crippen molar-refractivity contribution in [2.75, 3.05) is 11.6 Å². The number of benzene rings is 2. The average molecular weight is 386 g/mol. The lowest BCUT2D eigenvalue weighted by atomic mass is 10.1. The van der Waals surface area contributed by atoms with E-state index in [-0.39, 0.29) is 4.90 Å². The lowest BCUT2D eigenvalue weighted by Gasteiger charge is -2.09. The van der Waals surface area contributed by atoms with Gasteiger partial charge >= 0.3 is 0 Å². The highest BCUT2D eigenvalue weighted by Gasteiger charge is 2.22. The van der Waals surface area contributed by atoms with Crippen LogP contribution in [0.15, 0.2) is 66.1 Å². The van der Waals surface area contributed by atoms with Crippen LogP contribution in [0, 0.1) is 10.1 Å². The van der Waals surface area contributed by atoms with E-state index in [4.69, 9.17) is 0 Å². The smallest absolute Gasteiger partial charge is 0.288 e. The topological polar surface area (TPSA) is 107 Å². The van der Waals surface area contributed by atoms with Crippen molar-refractivity contribution < 1.29 is 13.3 Å². The predicted molar refractivity (Wildman–Crippen MR) is 101 cm³/mol. The molecule has 140 valence electrons. The van der Waals surface area contributed by atoms with Crippen LogP contribution in [0.4, 0.5) is 11.4 Å². The maximum absolute atomic E-state index is 11.8. The Morgan fingerprint density at radius 2 is 1.85 bits per heavy atom. The molecule has 27 heavy (non-hydrogen) atoms. The van der Waals surface area contributed by atoms with E-state index in [0.717, 1.165) is 23.9 Å². The molecular weight excluding hydrogens is 368 g/mol. The van der Waals surface area contributed by atoms with Crippen molar-refractivity contribution in [2.45, 2.75) is 18.0 Å². The van der Waals surface area contributed by atoms with Gasteiger partial charge in [0, 0.05) is 43.5 Å². The molecule has 1 N–H and O–H groups in total. The zero-order valence-corrected chi connectivity index (χ0v) is 15.4. The summed E-state index contributed by atoms with van der Waals surface area (Å²) in [5.41, 5.74) is 2.21. The molecule has 3 rings (SSSR count). The summed E-state index contributed by atoms with van der Waals surface area (Å²) in [4.78, 5) is 14.0. The summed E-state index contributed by atoms with van der Waals surface area (Å²) in [7, 11) is -3.70. The molecule has 0 unspecified atom stereocenters. The molecule has 1 heterocycles. The first kappa shape index (κ1) is 18.6. The molecule has 0 aliphatic rings. The molecule has 0 fully saturated rings. The van der Waals surface area contributed by atoms with Crippen molar-refractivity contribution in [1.82, 2.24) is 9.55 Å². The fraction of sp³-hybridized carbons (Fsp3) is 0.167. The summed E-state index contributed by atoms with van der Waals surface area (Å²) in [5.74, 6) is 0. The Hall–Kier alpha value is -3.20. The average Bonchev–Trinajstić information content (AvgIpc) is 3.13. The molecule has 0 atom stereocenters. The second kappa shape index (κ2) is 7.58. The van der Waals surface area contributed by atoms with Crippen molar-refractivity contribution in [1.29, 1.82) is 0 Å². The molecule has 0 saturated heterocycles. The van der Waals surface area contributed by atoms with E-state index >= 15 is 0 Å². The lowest BCUT2D eigenvalue weighted by molar-refractivity contribution is -0.387. The van der Waals surface area contributed by atoms with E-state index in [1.807, 2.05) is 35.0 Å².